The zero-order valence-corrected chi connectivity index (χ0v) is 6.94. The maximum atomic E-state index is 5.81. The molecule has 0 atom stereocenters. The van der Waals surface area contributed by atoms with Gasteiger partial charge in [0.2, 0.25) is 0 Å². The Morgan fingerprint density at radius 2 is 2.18 bits per heavy atom. The van der Waals surface area contributed by atoms with Gasteiger partial charge in [0.15, 0.2) is 0 Å². The average Bonchev–Trinajstić information content (AvgIpc) is 2.32. The molecule has 2 aromatic rings. The summed E-state index contributed by atoms with van der Waals surface area (Å²) in [6.45, 7) is 0. The number of rotatable bonds is 0. The molecule has 0 unspecified atom stereocenters. The summed E-state index contributed by atoms with van der Waals surface area (Å²) in [4.78, 5) is 3.14. The summed E-state index contributed by atoms with van der Waals surface area (Å²) in [5, 5.41) is 2.02. The van der Waals surface area contributed by atoms with E-state index < -0.39 is 0 Å². The van der Waals surface area contributed by atoms with E-state index >= 15 is 0 Å². The fourth-order valence-corrected chi connectivity index (χ4v) is 1.42. The van der Waals surface area contributed by atoms with E-state index in [1.54, 1.807) is 0 Å². The molecule has 0 aliphatic carbocycles. The second-order valence-electron chi connectivity index (χ2n) is 2.66. The molecule has 1 aromatic carbocycles. The predicted molar refractivity (Wildman–Crippen MR) is 51.5 cm³/mol. The molecule has 1 aromatic heterocycles. The van der Waals surface area contributed by atoms with Crippen LogP contribution in [0.2, 0.25) is 5.02 Å². The lowest BCUT2D eigenvalue weighted by Gasteiger charge is -1.91. The molecule has 2 rings (SSSR count). The molecule has 0 aliphatic heterocycles. The summed E-state index contributed by atoms with van der Waals surface area (Å²) in [7, 11) is 2.08. The van der Waals surface area contributed by atoms with Crippen molar-refractivity contribution in [3.8, 4) is 0 Å². The van der Waals surface area contributed by atoms with Crippen LogP contribution >= 0.6 is 11.6 Å². The first kappa shape index (κ1) is 6.80. The molecule has 11 heavy (non-hydrogen) atoms. The average molecular weight is 163 g/mol. The summed E-state index contributed by atoms with van der Waals surface area (Å²) in [6.07, 6.45) is 1.99. The first-order valence-corrected chi connectivity index (χ1v) is 3.88. The molecule has 1 nitrogen and oxygen atoms in total. The lowest BCUT2D eigenvalue weighted by molar-refractivity contribution is 1.49. The van der Waals surface area contributed by atoms with E-state index in [9.17, 15) is 0 Å². The molecule has 0 radical (unpaired) electrons. The fourth-order valence-electron chi connectivity index (χ4n) is 1.24. The van der Waals surface area contributed by atoms with E-state index in [1.165, 1.54) is 10.8 Å². The zero-order chi connectivity index (χ0) is 7.84. The molecule has 0 saturated heterocycles. The van der Waals surface area contributed by atoms with Gasteiger partial charge in [0, 0.05) is 10.5 Å². The second kappa shape index (κ2) is 2.31. The van der Waals surface area contributed by atoms with Crippen LogP contribution in [0.25, 0.3) is 10.9 Å². The number of nitrogens with one attached hydrogen (secondary N) is 1. The third-order valence-electron chi connectivity index (χ3n) is 1.85. The number of aromatic amines is 1. The molecule has 0 fully saturated rings. The van der Waals surface area contributed by atoms with Crippen LogP contribution in [0.1, 0.15) is 0 Å². The van der Waals surface area contributed by atoms with Gasteiger partial charge < -0.3 is 4.98 Å². The quantitative estimate of drug-likeness (QED) is 0.560. The van der Waals surface area contributed by atoms with Gasteiger partial charge in [0.05, 0.1) is 0 Å². The molecule has 0 aliphatic rings. The molecule has 1 N–H and O–H groups in total. The number of hydrogen-bond donors (Lipinski definition) is 1. The molecule has 3 heteroatoms. The van der Waals surface area contributed by atoms with Gasteiger partial charge >= 0.3 is 0 Å². The third kappa shape index (κ3) is 1.03. The number of aromatic nitrogens is 1. The highest BCUT2D eigenvalue weighted by molar-refractivity contribution is 6.39. The second-order valence-corrected chi connectivity index (χ2v) is 3.10. The molecule has 0 spiro atoms. The van der Waals surface area contributed by atoms with Crippen LogP contribution in [0.4, 0.5) is 0 Å². The van der Waals surface area contributed by atoms with Crippen molar-refractivity contribution in [2.45, 2.75) is 0 Å². The summed E-state index contributed by atoms with van der Waals surface area (Å²) < 4.78 is 0. The van der Waals surface area contributed by atoms with Crippen molar-refractivity contribution in [1.29, 1.82) is 0 Å². The van der Waals surface area contributed by atoms with Gasteiger partial charge in [-0.25, -0.2) is 0 Å². The Morgan fingerprint density at radius 1 is 1.36 bits per heavy atom. The summed E-state index contributed by atoms with van der Waals surface area (Å²) in [5.74, 6) is 0. The van der Waals surface area contributed by atoms with Crippen molar-refractivity contribution in [2.75, 3.05) is 0 Å². The number of fused-ring (bicyclic) bond motifs is 1. The van der Waals surface area contributed by atoms with Gasteiger partial charge in [-0.3, -0.25) is 0 Å². The molecular weight excluding hydrogens is 156 g/mol. The van der Waals surface area contributed by atoms with Gasteiger partial charge in [-0.05, 0) is 23.7 Å². The van der Waals surface area contributed by atoms with Gasteiger partial charge in [-0.15, -0.1) is 0 Å². The molecular formula is C8H7BClN. The van der Waals surface area contributed by atoms with Crippen LogP contribution in [0.15, 0.2) is 24.4 Å². The van der Waals surface area contributed by atoms with Gasteiger partial charge in [-0.2, -0.15) is 0 Å². The zero-order valence-electron chi connectivity index (χ0n) is 6.19. The minimum atomic E-state index is 0.777. The van der Waals surface area contributed by atoms with Crippen molar-refractivity contribution >= 4 is 35.8 Å². The predicted octanol–water partition coefficient (Wildman–Crippen LogP) is 1.08. The Hall–Kier alpha value is -0.885. The SMILES string of the molecule is Bc1c[nH]c2cc(Cl)ccc12. The van der Waals surface area contributed by atoms with E-state index in [2.05, 4.69) is 12.8 Å². The number of benzene rings is 1. The Labute approximate surface area is 70.8 Å². The summed E-state index contributed by atoms with van der Waals surface area (Å²) in [6, 6.07) is 5.87. The fraction of sp³-hybridized carbons (Fsp3) is 0. The summed E-state index contributed by atoms with van der Waals surface area (Å²) >= 11 is 5.81. The number of halogens is 1. The Balaban J connectivity index is 2.86. The van der Waals surface area contributed by atoms with E-state index in [1.807, 2.05) is 24.4 Å². The first-order chi connectivity index (χ1) is 5.27. The molecule has 1 heterocycles. The van der Waals surface area contributed by atoms with Gasteiger partial charge in [0.1, 0.15) is 7.85 Å². The van der Waals surface area contributed by atoms with Gasteiger partial charge in [-0.1, -0.05) is 23.1 Å². The monoisotopic (exact) mass is 163 g/mol. The highest BCUT2D eigenvalue weighted by Crippen LogP contribution is 2.15. The lowest BCUT2D eigenvalue weighted by Crippen LogP contribution is -1.96. The Bertz CT molecular complexity index is 394. The van der Waals surface area contributed by atoms with E-state index in [4.69, 9.17) is 11.6 Å². The van der Waals surface area contributed by atoms with Crippen LogP contribution in [0.5, 0.6) is 0 Å². The number of H-pyrrole nitrogens is 1. The maximum Gasteiger partial charge on any atom is 0.142 e. The van der Waals surface area contributed by atoms with Gasteiger partial charge in [0.25, 0.3) is 0 Å². The summed E-state index contributed by atoms with van der Waals surface area (Å²) in [5.41, 5.74) is 2.37. The van der Waals surface area contributed by atoms with E-state index in [0.29, 0.717) is 0 Å². The highest BCUT2D eigenvalue weighted by Gasteiger charge is 1.97. The maximum absolute atomic E-state index is 5.81. The highest BCUT2D eigenvalue weighted by atomic mass is 35.5. The van der Waals surface area contributed by atoms with Crippen molar-refractivity contribution in [3.63, 3.8) is 0 Å². The first-order valence-electron chi connectivity index (χ1n) is 3.50. The van der Waals surface area contributed by atoms with Crippen LogP contribution in [0, 0.1) is 0 Å². The molecule has 54 valence electrons. The lowest BCUT2D eigenvalue weighted by atomic mass is 9.96. The Kier molecular flexibility index (Phi) is 1.43. The smallest absolute Gasteiger partial charge is 0.142 e. The van der Waals surface area contributed by atoms with E-state index in [0.717, 1.165) is 10.5 Å². The van der Waals surface area contributed by atoms with Crippen molar-refractivity contribution < 1.29 is 0 Å². The van der Waals surface area contributed by atoms with E-state index in [-0.39, 0.29) is 0 Å². The molecule has 0 bridgehead atoms. The number of hydrogen-bond acceptors (Lipinski definition) is 0. The van der Waals surface area contributed by atoms with Crippen LogP contribution < -0.4 is 5.46 Å². The van der Waals surface area contributed by atoms with Crippen LogP contribution in [-0.2, 0) is 0 Å². The topological polar surface area (TPSA) is 15.8 Å². The molecule has 0 saturated carbocycles. The van der Waals surface area contributed by atoms with Crippen molar-refractivity contribution in [1.82, 2.24) is 4.98 Å². The molecule has 0 amide bonds. The van der Waals surface area contributed by atoms with Crippen molar-refractivity contribution in [2.24, 2.45) is 0 Å². The minimum Gasteiger partial charge on any atom is -0.362 e. The normalized spacial score (nSPS) is 10.6. The Morgan fingerprint density at radius 3 is 3.00 bits per heavy atom. The van der Waals surface area contributed by atoms with Crippen molar-refractivity contribution in [3.05, 3.63) is 29.4 Å². The third-order valence-corrected chi connectivity index (χ3v) is 2.09. The standard InChI is InChI=1S/C8H7BClN/c9-7-4-11-8-3-5(10)1-2-6(7)8/h1-4,11H,9H2. The van der Waals surface area contributed by atoms with Crippen LogP contribution in [0.3, 0.4) is 0 Å². The van der Waals surface area contributed by atoms with Crippen LogP contribution in [-0.4, -0.2) is 12.8 Å². The largest absolute Gasteiger partial charge is 0.362 e. The minimum absolute atomic E-state index is 0.777.